The van der Waals surface area contributed by atoms with Crippen LogP contribution in [0.4, 0.5) is 0 Å². The minimum atomic E-state index is 0.911. The first-order valence-electron chi connectivity index (χ1n) is 17.0. The predicted octanol–water partition coefficient (Wildman–Crippen LogP) is 13.9. The first-order chi connectivity index (χ1) is 24.3. The van der Waals surface area contributed by atoms with Gasteiger partial charge in [0.25, 0.3) is 0 Å². The SMILES string of the molecule is c1ccc2cc3c(cc2c1)oc1cc(-c2cc4cccc5ccc6cccc2c6c54)cc(-c2ccc4ccc5cccc6ccc2c4c56)c13. The smallest absolute Gasteiger partial charge is 0.136 e. The highest BCUT2D eigenvalue weighted by Gasteiger charge is 2.21. The molecule has 1 aromatic heterocycles. The third-order valence-corrected chi connectivity index (χ3v) is 11.1. The third-order valence-electron chi connectivity index (χ3n) is 11.1. The molecule has 11 aromatic carbocycles. The highest BCUT2D eigenvalue weighted by molar-refractivity contribution is 6.29. The number of hydrogen-bond donors (Lipinski definition) is 0. The molecular weight excluding hydrogens is 593 g/mol. The summed E-state index contributed by atoms with van der Waals surface area (Å²) < 4.78 is 6.85. The summed E-state index contributed by atoms with van der Waals surface area (Å²) >= 11 is 0. The Morgan fingerprint density at radius 3 is 1.57 bits per heavy atom. The van der Waals surface area contributed by atoms with Crippen LogP contribution in [-0.2, 0) is 0 Å². The average Bonchev–Trinajstić information content (AvgIpc) is 3.51. The topological polar surface area (TPSA) is 13.1 Å². The Hall–Kier alpha value is -6.44. The second-order valence-corrected chi connectivity index (χ2v) is 13.6. The number of benzene rings is 11. The van der Waals surface area contributed by atoms with Crippen LogP contribution in [0.25, 0.3) is 120 Å². The van der Waals surface area contributed by atoms with Crippen LogP contribution in [0.3, 0.4) is 0 Å². The van der Waals surface area contributed by atoms with Gasteiger partial charge < -0.3 is 4.42 Å². The molecule has 0 amide bonds. The van der Waals surface area contributed by atoms with Crippen LogP contribution in [0.15, 0.2) is 162 Å². The Bertz CT molecular complexity index is 3310. The van der Waals surface area contributed by atoms with Crippen LogP contribution in [0.5, 0.6) is 0 Å². The normalized spacial score (nSPS) is 12.5. The van der Waals surface area contributed by atoms with Gasteiger partial charge in [0.2, 0.25) is 0 Å². The number of rotatable bonds is 2. The Labute approximate surface area is 280 Å². The Morgan fingerprint density at radius 1 is 0.265 bits per heavy atom. The van der Waals surface area contributed by atoms with Crippen molar-refractivity contribution in [3.8, 4) is 22.3 Å². The zero-order valence-corrected chi connectivity index (χ0v) is 26.4. The third kappa shape index (κ3) is 3.39. The molecule has 1 heteroatoms. The molecule has 0 bridgehead atoms. The molecule has 49 heavy (non-hydrogen) atoms. The molecule has 0 atom stereocenters. The average molecular weight is 619 g/mol. The van der Waals surface area contributed by atoms with Gasteiger partial charge in [0.15, 0.2) is 0 Å². The van der Waals surface area contributed by atoms with Crippen molar-refractivity contribution >= 4 is 97.3 Å². The van der Waals surface area contributed by atoms with Gasteiger partial charge in [-0.05, 0) is 128 Å². The fourth-order valence-corrected chi connectivity index (χ4v) is 8.93. The van der Waals surface area contributed by atoms with E-state index < -0.39 is 0 Å². The predicted molar refractivity (Wildman–Crippen MR) is 210 cm³/mol. The van der Waals surface area contributed by atoms with Crippen molar-refractivity contribution in [3.63, 3.8) is 0 Å². The molecule has 0 N–H and O–H groups in total. The van der Waals surface area contributed by atoms with E-state index in [9.17, 15) is 0 Å². The fourth-order valence-electron chi connectivity index (χ4n) is 8.93. The molecule has 224 valence electrons. The van der Waals surface area contributed by atoms with Crippen LogP contribution in [0.2, 0.25) is 0 Å². The van der Waals surface area contributed by atoms with Crippen molar-refractivity contribution in [2.45, 2.75) is 0 Å². The van der Waals surface area contributed by atoms with Crippen molar-refractivity contribution in [2.75, 3.05) is 0 Å². The summed E-state index contributed by atoms with van der Waals surface area (Å²) in [5.41, 5.74) is 6.64. The van der Waals surface area contributed by atoms with Gasteiger partial charge in [0.05, 0.1) is 0 Å². The van der Waals surface area contributed by atoms with Gasteiger partial charge >= 0.3 is 0 Å². The summed E-state index contributed by atoms with van der Waals surface area (Å²) in [4.78, 5) is 0. The van der Waals surface area contributed by atoms with Gasteiger partial charge in [-0.25, -0.2) is 0 Å². The molecule has 0 saturated carbocycles. The monoisotopic (exact) mass is 618 g/mol. The molecule has 1 heterocycles. The lowest BCUT2D eigenvalue weighted by Crippen LogP contribution is -1.91. The molecule has 0 aliphatic rings. The molecule has 12 rings (SSSR count). The van der Waals surface area contributed by atoms with Gasteiger partial charge in [-0.2, -0.15) is 0 Å². The van der Waals surface area contributed by atoms with E-state index in [-0.39, 0.29) is 0 Å². The maximum Gasteiger partial charge on any atom is 0.136 e. The van der Waals surface area contributed by atoms with Crippen LogP contribution >= 0.6 is 0 Å². The quantitative estimate of drug-likeness (QED) is 0.176. The largest absolute Gasteiger partial charge is 0.456 e. The van der Waals surface area contributed by atoms with Crippen LogP contribution in [0, 0.1) is 0 Å². The van der Waals surface area contributed by atoms with E-state index in [1.165, 1.54) is 92.1 Å². The lowest BCUT2D eigenvalue weighted by atomic mass is 9.85. The van der Waals surface area contributed by atoms with Crippen LogP contribution in [0.1, 0.15) is 0 Å². The van der Waals surface area contributed by atoms with Gasteiger partial charge in [0, 0.05) is 10.8 Å². The second-order valence-electron chi connectivity index (χ2n) is 13.6. The van der Waals surface area contributed by atoms with E-state index in [4.69, 9.17) is 4.42 Å². The van der Waals surface area contributed by atoms with Gasteiger partial charge in [-0.15, -0.1) is 0 Å². The zero-order valence-electron chi connectivity index (χ0n) is 26.4. The molecule has 0 radical (unpaired) electrons. The van der Waals surface area contributed by atoms with E-state index in [2.05, 4.69) is 158 Å². The summed E-state index contributed by atoms with van der Waals surface area (Å²) in [6, 6.07) is 58.5. The molecule has 0 saturated heterocycles. The summed E-state index contributed by atoms with van der Waals surface area (Å²) in [7, 11) is 0. The molecule has 0 aliphatic heterocycles. The maximum absolute atomic E-state index is 6.85. The minimum absolute atomic E-state index is 0.911. The van der Waals surface area contributed by atoms with Crippen molar-refractivity contribution in [3.05, 3.63) is 158 Å². The summed E-state index contributed by atoms with van der Waals surface area (Å²) in [5, 5.41) is 20.2. The van der Waals surface area contributed by atoms with E-state index >= 15 is 0 Å². The van der Waals surface area contributed by atoms with Gasteiger partial charge in [-0.3, -0.25) is 0 Å². The Balaban J connectivity index is 1.25. The minimum Gasteiger partial charge on any atom is -0.456 e. The van der Waals surface area contributed by atoms with E-state index in [1.807, 2.05) is 0 Å². The summed E-state index contributed by atoms with van der Waals surface area (Å²) in [6.07, 6.45) is 0. The summed E-state index contributed by atoms with van der Waals surface area (Å²) in [6.45, 7) is 0. The second kappa shape index (κ2) is 9.13. The van der Waals surface area contributed by atoms with E-state index in [0.29, 0.717) is 0 Å². The number of furan rings is 1. The molecule has 1 nitrogen and oxygen atoms in total. The lowest BCUT2D eigenvalue weighted by Gasteiger charge is -2.17. The fraction of sp³-hybridized carbons (Fsp3) is 0. The highest BCUT2D eigenvalue weighted by atomic mass is 16.3. The van der Waals surface area contributed by atoms with Crippen LogP contribution in [-0.4, -0.2) is 0 Å². The number of fused-ring (bicyclic) bond motifs is 4. The number of hydrogen-bond acceptors (Lipinski definition) is 1. The molecule has 0 fully saturated rings. The summed E-state index contributed by atoms with van der Waals surface area (Å²) in [5.74, 6) is 0. The maximum atomic E-state index is 6.85. The molecular formula is C48H26O. The van der Waals surface area contributed by atoms with Crippen molar-refractivity contribution in [1.82, 2.24) is 0 Å². The first kappa shape index (κ1) is 25.6. The van der Waals surface area contributed by atoms with E-state index in [1.54, 1.807) is 0 Å². The lowest BCUT2D eigenvalue weighted by molar-refractivity contribution is 0.669. The molecule has 0 aliphatic carbocycles. The van der Waals surface area contributed by atoms with Crippen LogP contribution < -0.4 is 0 Å². The van der Waals surface area contributed by atoms with Gasteiger partial charge in [0.1, 0.15) is 11.2 Å². The Kier molecular flexibility index (Phi) is 4.77. The highest BCUT2D eigenvalue weighted by Crippen LogP contribution is 2.47. The standard InChI is InChI=1S/C48H26O/c1-2-7-33-25-42-41(22-32(33)6-1)48-40(36-20-18-31-17-15-27-8-3-9-29-19-21-38(36)47(31)44(27)29)24-35(26-43(48)49-42)39-23-34-12-4-10-28-14-16-30-11-5-13-37(39)46(30)45(28)34/h1-26H. The van der Waals surface area contributed by atoms with Crippen molar-refractivity contribution in [1.29, 1.82) is 0 Å². The molecule has 0 spiro atoms. The first-order valence-corrected chi connectivity index (χ1v) is 17.0. The molecule has 0 unspecified atom stereocenters. The van der Waals surface area contributed by atoms with Crippen molar-refractivity contribution in [2.24, 2.45) is 0 Å². The zero-order chi connectivity index (χ0) is 31.8. The van der Waals surface area contributed by atoms with Crippen molar-refractivity contribution < 1.29 is 4.42 Å². The van der Waals surface area contributed by atoms with E-state index in [0.717, 1.165) is 27.5 Å². The molecule has 12 aromatic rings. The Morgan fingerprint density at radius 2 is 0.816 bits per heavy atom. The van der Waals surface area contributed by atoms with Gasteiger partial charge in [-0.1, -0.05) is 127 Å².